The molecule has 2 aliphatic rings. The van der Waals surface area contributed by atoms with Crippen molar-refractivity contribution in [3.63, 3.8) is 0 Å². The van der Waals surface area contributed by atoms with Crippen LogP contribution in [0, 0.1) is 17.8 Å². The summed E-state index contributed by atoms with van der Waals surface area (Å²) in [5, 5.41) is 7.42. The smallest absolute Gasteiger partial charge is 0.108 e. The molecule has 0 radical (unpaired) electrons. The van der Waals surface area contributed by atoms with Crippen LogP contribution in [0.1, 0.15) is 33.6 Å². The molecule has 0 amide bonds. The molecule has 2 rings (SSSR count). The molecule has 0 bridgehead atoms. The Hall–Kier alpha value is -0.160. The molecule has 19 heavy (non-hydrogen) atoms. The summed E-state index contributed by atoms with van der Waals surface area (Å²) in [6.07, 6.45) is 2.75. The van der Waals surface area contributed by atoms with E-state index in [9.17, 15) is 0 Å². The summed E-state index contributed by atoms with van der Waals surface area (Å²) in [5.74, 6) is 1.87. The van der Waals surface area contributed by atoms with Crippen molar-refractivity contribution >= 4 is 0 Å². The molecular weight excluding hydrogens is 240 g/mol. The minimum absolute atomic E-state index is 0.195. The lowest BCUT2D eigenvalue weighted by atomic mass is 9.69. The van der Waals surface area contributed by atoms with E-state index < -0.39 is 0 Å². The molecule has 4 nitrogen and oxygen atoms in total. The van der Waals surface area contributed by atoms with Gasteiger partial charge < -0.3 is 14.8 Å². The van der Waals surface area contributed by atoms with Crippen LogP contribution in [0.25, 0.3) is 0 Å². The van der Waals surface area contributed by atoms with E-state index in [0.29, 0.717) is 29.8 Å². The Bertz CT molecular complexity index is 285. The predicted molar refractivity (Wildman–Crippen MR) is 77.0 cm³/mol. The topological polar surface area (TPSA) is 42.5 Å². The average molecular weight is 270 g/mol. The minimum atomic E-state index is 0.195. The molecule has 2 N–H and O–H groups in total. The summed E-state index contributed by atoms with van der Waals surface area (Å²) in [4.78, 5) is 0. The first-order valence-electron chi connectivity index (χ1n) is 7.63. The van der Waals surface area contributed by atoms with Crippen LogP contribution >= 0.6 is 0 Å². The normalized spacial score (nSPS) is 41.1. The van der Waals surface area contributed by atoms with Crippen LogP contribution in [0.15, 0.2) is 0 Å². The number of fused-ring (bicyclic) bond motifs is 1. The Balaban J connectivity index is 2.17. The first-order chi connectivity index (χ1) is 9.08. The van der Waals surface area contributed by atoms with Crippen molar-refractivity contribution in [2.45, 2.75) is 58.0 Å². The number of nitrogens with one attached hydrogen (secondary N) is 2. The van der Waals surface area contributed by atoms with Crippen molar-refractivity contribution in [2.75, 3.05) is 20.8 Å². The second-order valence-electron chi connectivity index (χ2n) is 6.43. The molecule has 2 fully saturated rings. The van der Waals surface area contributed by atoms with Crippen molar-refractivity contribution in [3.8, 4) is 0 Å². The van der Waals surface area contributed by atoms with Crippen LogP contribution in [0.2, 0.25) is 0 Å². The Morgan fingerprint density at radius 3 is 2.42 bits per heavy atom. The third-order valence-electron chi connectivity index (χ3n) is 5.13. The van der Waals surface area contributed by atoms with Gasteiger partial charge in [-0.3, -0.25) is 5.32 Å². The Morgan fingerprint density at radius 1 is 1.11 bits per heavy atom. The molecule has 5 unspecified atom stereocenters. The molecule has 0 aliphatic carbocycles. The monoisotopic (exact) mass is 270 g/mol. The summed E-state index contributed by atoms with van der Waals surface area (Å²) < 4.78 is 11.2. The third-order valence-corrected chi connectivity index (χ3v) is 5.13. The average Bonchev–Trinajstić information content (AvgIpc) is 2.44. The van der Waals surface area contributed by atoms with Gasteiger partial charge in [-0.05, 0) is 38.1 Å². The molecule has 2 heterocycles. The van der Waals surface area contributed by atoms with E-state index >= 15 is 0 Å². The van der Waals surface area contributed by atoms with Gasteiger partial charge in [0, 0.05) is 32.2 Å². The molecule has 0 aromatic heterocycles. The zero-order chi connectivity index (χ0) is 14.0. The molecule has 6 atom stereocenters. The van der Waals surface area contributed by atoms with Crippen molar-refractivity contribution < 1.29 is 9.47 Å². The van der Waals surface area contributed by atoms with E-state index in [4.69, 9.17) is 9.47 Å². The zero-order valence-corrected chi connectivity index (χ0v) is 13.0. The van der Waals surface area contributed by atoms with Crippen LogP contribution in [0.5, 0.6) is 0 Å². The first kappa shape index (κ1) is 15.2. The molecular formula is C15H30N2O2. The van der Waals surface area contributed by atoms with Crippen LogP contribution < -0.4 is 10.6 Å². The van der Waals surface area contributed by atoms with E-state index in [0.717, 1.165) is 13.0 Å². The largest absolute Gasteiger partial charge is 0.381 e. The minimum Gasteiger partial charge on any atom is -0.381 e. The lowest BCUT2D eigenvalue weighted by Crippen LogP contribution is -2.67. The first-order valence-corrected chi connectivity index (χ1v) is 7.63. The molecule has 4 heteroatoms. The summed E-state index contributed by atoms with van der Waals surface area (Å²) in [6, 6.07) is 1.01. The van der Waals surface area contributed by atoms with Gasteiger partial charge in [0.05, 0.1) is 6.10 Å². The molecule has 0 saturated carbocycles. The lowest BCUT2D eigenvalue weighted by Gasteiger charge is -2.51. The molecule has 0 spiro atoms. The fraction of sp³-hybridized carbons (Fsp3) is 1.00. The third kappa shape index (κ3) is 3.13. The second kappa shape index (κ2) is 6.53. The number of ether oxygens (including phenoxy) is 2. The maximum absolute atomic E-state index is 5.68. The van der Waals surface area contributed by atoms with E-state index in [2.05, 4.69) is 31.4 Å². The number of methoxy groups -OCH3 is 2. The van der Waals surface area contributed by atoms with Crippen molar-refractivity contribution in [1.29, 1.82) is 0 Å². The van der Waals surface area contributed by atoms with Gasteiger partial charge in [0.25, 0.3) is 0 Å². The van der Waals surface area contributed by atoms with Gasteiger partial charge in [0.1, 0.15) is 6.23 Å². The van der Waals surface area contributed by atoms with E-state index in [1.807, 2.05) is 7.11 Å². The Morgan fingerprint density at radius 2 is 1.84 bits per heavy atom. The maximum Gasteiger partial charge on any atom is 0.108 e. The molecule has 2 aliphatic heterocycles. The van der Waals surface area contributed by atoms with Gasteiger partial charge in [0.2, 0.25) is 0 Å². The highest BCUT2D eigenvalue weighted by Gasteiger charge is 2.45. The molecule has 0 aromatic carbocycles. The van der Waals surface area contributed by atoms with Crippen molar-refractivity contribution in [2.24, 2.45) is 17.8 Å². The van der Waals surface area contributed by atoms with Gasteiger partial charge >= 0.3 is 0 Å². The maximum atomic E-state index is 5.68. The van der Waals surface area contributed by atoms with Crippen molar-refractivity contribution in [1.82, 2.24) is 10.6 Å². The van der Waals surface area contributed by atoms with Gasteiger partial charge in [-0.2, -0.15) is 0 Å². The van der Waals surface area contributed by atoms with Crippen LogP contribution in [-0.4, -0.2) is 45.2 Å². The summed E-state index contributed by atoms with van der Waals surface area (Å²) >= 11 is 0. The number of hydrogen-bond donors (Lipinski definition) is 2. The lowest BCUT2D eigenvalue weighted by molar-refractivity contribution is -0.0577. The molecule has 0 aromatic rings. The Kier molecular flexibility index (Phi) is 5.23. The highest BCUT2D eigenvalue weighted by atomic mass is 16.5. The van der Waals surface area contributed by atoms with Crippen LogP contribution in [-0.2, 0) is 9.47 Å². The number of rotatable bonds is 4. The van der Waals surface area contributed by atoms with Gasteiger partial charge in [0.15, 0.2) is 0 Å². The zero-order valence-electron chi connectivity index (χ0n) is 13.0. The standard InChI is InChI=1S/C15H30N2O2/c1-9(2)11-8-16-12-6-7-13(19-5)17-15(12)14(11)10(3)18-4/h9-17H,6-8H2,1-5H3/t10-,11?,12?,13?,14?,15?/m0/s1. The fourth-order valence-electron chi connectivity index (χ4n) is 3.89. The summed E-state index contributed by atoms with van der Waals surface area (Å²) in [7, 11) is 3.62. The highest BCUT2D eigenvalue weighted by molar-refractivity contribution is 5.01. The van der Waals surface area contributed by atoms with E-state index in [1.165, 1.54) is 6.42 Å². The van der Waals surface area contributed by atoms with E-state index in [1.54, 1.807) is 7.11 Å². The fourth-order valence-corrected chi connectivity index (χ4v) is 3.89. The molecule has 112 valence electrons. The highest BCUT2D eigenvalue weighted by Crippen LogP contribution is 2.35. The van der Waals surface area contributed by atoms with Gasteiger partial charge in [-0.25, -0.2) is 0 Å². The Labute approximate surface area is 117 Å². The van der Waals surface area contributed by atoms with Crippen LogP contribution in [0.3, 0.4) is 0 Å². The SMILES string of the molecule is COC1CCC2NCC(C(C)C)C([C@H](C)OC)C2N1. The van der Waals surface area contributed by atoms with Gasteiger partial charge in [-0.1, -0.05) is 13.8 Å². The quantitative estimate of drug-likeness (QED) is 0.814. The van der Waals surface area contributed by atoms with E-state index in [-0.39, 0.29) is 12.3 Å². The summed E-state index contributed by atoms with van der Waals surface area (Å²) in [5.41, 5.74) is 0. The van der Waals surface area contributed by atoms with Crippen LogP contribution in [0.4, 0.5) is 0 Å². The number of hydrogen-bond acceptors (Lipinski definition) is 4. The molecule has 2 saturated heterocycles. The summed E-state index contributed by atoms with van der Waals surface area (Å²) in [6.45, 7) is 7.95. The second-order valence-corrected chi connectivity index (χ2v) is 6.43. The predicted octanol–water partition coefficient (Wildman–Crippen LogP) is 1.61. The number of piperidine rings is 2. The van der Waals surface area contributed by atoms with Gasteiger partial charge in [-0.15, -0.1) is 0 Å². The van der Waals surface area contributed by atoms with Crippen molar-refractivity contribution in [3.05, 3.63) is 0 Å².